The first-order valence-corrected chi connectivity index (χ1v) is 6.88. The Bertz CT molecular complexity index is 767. The normalized spacial score (nSPS) is 18.3. The molecule has 1 aromatic carbocycles. The van der Waals surface area contributed by atoms with E-state index in [-0.39, 0.29) is 24.7 Å². The van der Waals surface area contributed by atoms with Crippen molar-refractivity contribution < 1.29 is 14.4 Å². The average molecular weight is 301 g/mol. The van der Waals surface area contributed by atoms with E-state index in [0.29, 0.717) is 23.2 Å². The molecule has 0 spiro atoms. The largest absolute Gasteiger partial charge is 0.398 e. The first kappa shape index (κ1) is 14.1. The molecule has 1 atom stereocenters. The lowest BCUT2D eigenvalue weighted by Crippen LogP contribution is -2.52. The van der Waals surface area contributed by atoms with E-state index >= 15 is 0 Å². The molecule has 1 aliphatic heterocycles. The van der Waals surface area contributed by atoms with E-state index in [1.54, 1.807) is 12.3 Å². The van der Waals surface area contributed by atoms with Crippen LogP contribution in [-0.4, -0.2) is 34.0 Å². The Morgan fingerprint density at radius 1 is 1.41 bits per heavy atom. The lowest BCUT2D eigenvalue weighted by Gasteiger charge is -2.22. The Kier molecular flexibility index (Phi) is 3.50. The van der Waals surface area contributed by atoms with Crippen LogP contribution >= 0.6 is 0 Å². The van der Waals surface area contributed by atoms with Gasteiger partial charge in [-0.15, -0.1) is 0 Å². The number of hydrogen-bond acceptors (Lipinski definition) is 5. The van der Waals surface area contributed by atoms with Crippen molar-refractivity contribution in [2.45, 2.75) is 25.3 Å². The summed E-state index contributed by atoms with van der Waals surface area (Å²) in [5.41, 5.74) is 7.75. The molecule has 0 bridgehead atoms. The molecule has 1 aliphatic rings. The molecule has 114 valence electrons. The van der Waals surface area contributed by atoms with Gasteiger partial charge in [-0.2, -0.15) is 5.10 Å². The number of nitrogens with two attached hydrogens (primary N) is 1. The number of H-pyrrole nitrogens is 1. The molecule has 0 saturated carbocycles. The minimum Gasteiger partial charge on any atom is -0.398 e. The maximum absolute atomic E-state index is 12.2. The van der Waals surface area contributed by atoms with E-state index in [4.69, 9.17) is 5.73 Å². The van der Waals surface area contributed by atoms with Gasteiger partial charge in [-0.25, -0.2) is 0 Å². The smallest absolute Gasteiger partial charge is 0.249 e. The fourth-order valence-corrected chi connectivity index (χ4v) is 2.52. The molecule has 0 radical (unpaired) electrons. The summed E-state index contributed by atoms with van der Waals surface area (Å²) in [7, 11) is 0. The summed E-state index contributed by atoms with van der Waals surface area (Å²) in [6, 6.07) is 2.84. The van der Waals surface area contributed by atoms with Crippen LogP contribution in [0, 0.1) is 0 Å². The fourth-order valence-electron chi connectivity index (χ4n) is 2.52. The number of hydrogen-bond donors (Lipinski definition) is 4. The molecule has 2 heterocycles. The summed E-state index contributed by atoms with van der Waals surface area (Å²) >= 11 is 0. The molecule has 2 aromatic rings. The van der Waals surface area contributed by atoms with Gasteiger partial charge in [0, 0.05) is 23.1 Å². The topological polar surface area (TPSA) is 130 Å². The molecule has 3 rings (SSSR count). The van der Waals surface area contributed by atoms with Crippen LogP contribution in [0.2, 0.25) is 0 Å². The zero-order valence-corrected chi connectivity index (χ0v) is 11.7. The minimum absolute atomic E-state index is 0.0308. The van der Waals surface area contributed by atoms with Crippen molar-refractivity contribution in [2.75, 3.05) is 5.73 Å². The van der Waals surface area contributed by atoms with Crippen molar-refractivity contribution in [1.29, 1.82) is 0 Å². The highest BCUT2D eigenvalue weighted by molar-refractivity contribution is 6.02. The third kappa shape index (κ3) is 2.62. The summed E-state index contributed by atoms with van der Waals surface area (Å²) in [6.07, 6.45) is 2.20. The number of nitrogens with zero attached hydrogens (tertiary/aromatic N) is 1. The van der Waals surface area contributed by atoms with E-state index in [2.05, 4.69) is 20.8 Å². The fraction of sp³-hybridized carbons (Fsp3) is 0.286. The van der Waals surface area contributed by atoms with Crippen LogP contribution in [0.5, 0.6) is 0 Å². The summed E-state index contributed by atoms with van der Waals surface area (Å²) in [6.45, 7) is 0. The number of aromatic nitrogens is 2. The van der Waals surface area contributed by atoms with Crippen LogP contribution in [0.3, 0.4) is 0 Å². The van der Waals surface area contributed by atoms with E-state index in [1.807, 2.05) is 6.07 Å². The Hall–Kier alpha value is -2.90. The maximum atomic E-state index is 12.2. The molecule has 22 heavy (non-hydrogen) atoms. The second-order valence-electron chi connectivity index (χ2n) is 5.22. The number of carbonyl (C=O) groups is 3. The van der Waals surface area contributed by atoms with Gasteiger partial charge in [0.1, 0.15) is 6.04 Å². The van der Waals surface area contributed by atoms with Gasteiger partial charge in [0.2, 0.25) is 17.7 Å². The lowest BCUT2D eigenvalue weighted by molar-refractivity contribution is -0.137. The van der Waals surface area contributed by atoms with Crippen molar-refractivity contribution in [3.05, 3.63) is 23.9 Å². The van der Waals surface area contributed by atoms with Crippen molar-refractivity contribution >= 4 is 34.3 Å². The van der Waals surface area contributed by atoms with Gasteiger partial charge in [-0.3, -0.25) is 24.8 Å². The summed E-state index contributed by atoms with van der Waals surface area (Å²) in [4.78, 5) is 34.9. The van der Waals surface area contributed by atoms with E-state index in [1.165, 1.54) is 0 Å². The number of benzene rings is 1. The number of imide groups is 1. The summed E-state index contributed by atoms with van der Waals surface area (Å²) in [5.74, 6) is -1.12. The third-order valence-corrected chi connectivity index (χ3v) is 3.67. The number of rotatable bonds is 3. The number of anilines is 1. The third-order valence-electron chi connectivity index (χ3n) is 3.67. The molecule has 1 fully saturated rings. The standard InChI is InChI=1S/C14H15N5O3/c15-9-2-1-7-6-16-19-13(7)8(9)5-12(21)17-10-3-4-11(20)18-14(10)22/h1-2,6,10H,3-5,15H2,(H,16,19)(H,17,21)(H,18,20,22). The van der Waals surface area contributed by atoms with Crippen LogP contribution in [0.1, 0.15) is 18.4 Å². The number of amides is 3. The zero-order valence-electron chi connectivity index (χ0n) is 11.7. The zero-order chi connectivity index (χ0) is 15.7. The number of piperidine rings is 1. The highest BCUT2D eigenvalue weighted by atomic mass is 16.2. The van der Waals surface area contributed by atoms with Gasteiger partial charge in [-0.1, -0.05) is 0 Å². The minimum atomic E-state index is -0.688. The van der Waals surface area contributed by atoms with Gasteiger partial charge in [0.25, 0.3) is 0 Å². The first-order chi connectivity index (χ1) is 10.5. The van der Waals surface area contributed by atoms with Crippen LogP contribution < -0.4 is 16.4 Å². The molecule has 0 aliphatic carbocycles. The predicted molar refractivity (Wildman–Crippen MR) is 78.5 cm³/mol. The van der Waals surface area contributed by atoms with E-state index in [0.717, 1.165) is 5.39 Å². The highest BCUT2D eigenvalue weighted by Gasteiger charge is 2.28. The van der Waals surface area contributed by atoms with Gasteiger partial charge < -0.3 is 11.1 Å². The summed E-state index contributed by atoms with van der Waals surface area (Å²) < 4.78 is 0. The van der Waals surface area contributed by atoms with Gasteiger partial charge >= 0.3 is 0 Å². The van der Waals surface area contributed by atoms with Crippen LogP contribution in [0.25, 0.3) is 10.9 Å². The average Bonchev–Trinajstić information content (AvgIpc) is 2.94. The van der Waals surface area contributed by atoms with Crippen molar-refractivity contribution in [1.82, 2.24) is 20.8 Å². The highest BCUT2D eigenvalue weighted by Crippen LogP contribution is 2.22. The predicted octanol–water partition coefficient (Wildman–Crippen LogP) is -0.391. The Balaban J connectivity index is 1.73. The number of aromatic amines is 1. The van der Waals surface area contributed by atoms with Crippen molar-refractivity contribution in [2.24, 2.45) is 0 Å². The Labute approximate surface area is 125 Å². The molecular formula is C14H15N5O3. The van der Waals surface area contributed by atoms with Crippen LogP contribution in [0.15, 0.2) is 18.3 Å². The number of fused-ring (bicyclic) bond motifs is 1. The maximum Gasteiger partial charge on any atom is 0.249 e. The van der Waals surface area contributed by atoms with Gasteiger partial charge in [-0.05, 0) is 18.6 Å². The quantitative estimate of drug-likeness (QED) is 0.453. The second-order valence-corrected chi connectivity index (χ2v) is 5.22. The molecule has 1 saturated heterocycles. The monoisotopic (exact) mass is 301 g/mol. The van der Waals surface area contributed by atoms with Crippen LogP contribution in [0.4, 0.5) is 5.69 Å². The molecule has 8 heteroatoms. The molecule has 1 aromatic heterocycles. The summed E-state index contributed by atoms with van der Waals surface area (Å²) in [5, 5.41) is 12.4. The second kappa shape index (κ2) is 5.47. The Morgan fingerprint density at radius 3 is 3.00 bits per heavy atom. The SMILES string of the molecule is Nc1ccc2cn[nH]c2c1CC(=O)NC1CCC(=O)NC1=O. The van der Waals surface area contributed by atoms with E-state index < -0.39 is 11.9 Å². The van der Waals surface area contributed by atoms with Gasteiger partial charge in [0.15, 0.2) is 0 Å². The van der Waals surface area contributed by atoms with E-state index in [9.17, 15) is 14.4 Å². The number of carbonyl (C=O) groups excluding carboxylic acids is 3. The van der Waals surface area contributed by atoms with Crippen LogP contribution in [-0.2, 0) is 20.8 Å². The van der Waals surface area contributed by atoms with Crippen molar-refractivity contribution in [3.63, 3.8) is 0 Å². The number of nitrogens with one attached hydrogen (secondary N) is 3. The molecule has 3 amide bonds. The first-order valence-electron chi connectivity index (χ1n) is 6.88. The Morgan fingerprint density at radius 2 is 2.23 bits per heavy atom. The molecular weight excluding hydrogens is 286 g/mol. The lowest BCUT2D eigenvalue weighted by atomic mass is 10.0. The van der Waals surface area contributed by atoms with Gasteiger partial charge in [0.05, 0.1) is 18.1 Å². The number of nitrogen functional groups attached to an aromatic ring is 1. The molecule has 8 nitrogen and oxygen atoms in total. The molecule has 5 N–H and O–H groups in total. The van der Waals surface area contributed by atoms with Crippen molar-refractivity contribution in [3.8, 4) is 0 Å². The molecule has 1 unspecified atom stereocenters.